The summed E-state index contributed by atoms with van der Waals surface area (Å²) in [6, 6.07) is 7.06. The summed E-state index contributed by atoms with van der Waals surface area (Å²) in [5.74, 6) is 1.32. The lowest BCUT2D eigenvalue weighted by atomic mass is 10.2. The average molecular weight is 193 g/mol. The number of hydrogen-bond donors (Lipinski definition) is 2. The van der Waals surface area contributed by atoms with Crippen LogP contribution in [0.3, 0.4) is 0 Å². The van der Waals surface area contributed by atoms with Crippen molar-refractivity contribution in [3.05, 3.63) is 24.3 Å². The molecule has 1 aliphatic rings. The van der Waals surface area contributed by atoms with Crippen molar-refractivity contribution in [3.8, 4) is 11.5 Å². The van der Waals surface area contributed by atoms with E-state index in [0.717, 1.165) is 0 Å². The first-order chi connectivity index (χ1) is 6.77. The molecule has 1 saturated carbocycles. The number of para-hydroxylation sites is 2. The highest BCUT2D eigenvalue weighted by Crippen LogP contribution is 2.32. The van der Waals surface area contributed by atoms with Crippen molar-refractivity contribution in [1.82, 2.24) is 0 Å². The van der Waals surface area contributed by atoms with E-state index < -0.39 is 0 Å². The SMILES string of the molecule is NC(COc1ccccc1O)C1CC1. The van der Waals surface area contributed by atoms with Gasteiger partial charge in [0.1, 0.15) is 6.61 Å². The predicted octanol–water partition coefficient (Wildman–Crippen LogP) is 1.51. The molecule has 0 spiro atoms. The van der Waals surface area contributed by atoms with Gasteiger partial charge in [-0.15, -0.1) is 0 Å². The number of aromatic hydroxyl groups is 1. The number of benzene rings is 1. The van der Waals surface area contributed by atoms with Crippen LogP contribution >= 0.6 is 0 Å². The second kappa shape index (κ2) is 3.88. The lowest BCUT2D eigenvalue weighted by molar-refractivity contribution is 0.264. The Morgan fingerprint density at radius 1 is 1.43 bits per heavy atom. The van der Waals surface area contributed by atoms with Gasteiger partial charge >= 0.3 is 0 Å². The first-order valence-corrected chi connectivity index (χ1v) is 4.94. The Bertz CT molecular complexity index is 310. The lowest BCUT2D eigenvalue weighted by Crippen LogP contribution is -2.29. The van der Waals surface area contributed by atoms with Crippen molar-refractivity contribution in [3.63, 3.8) is 0 Å². The molecule has 0 bridgehead atoms. The minimum absolute atomic E-state index is 0.106. The molecule has 0 aromatic heterocycles. The van der Waals surface area contributed by atoms with Crippen molar-refractivity contribution in [2.45, 2.75) is 18.9 Å². The van der Waals surface area contributed by atoms with Gasteiger partial charge < -0.3 is 15.6 Å². The highest BCUT2D eigenvalue weighted by Gasteiger charge is 2.28. The van der Waals surface area contributed by atoms with E-state index in [1.165, 1.54) is 12.8 Å². The van der Waals surface area contributed by atoms with Gasteiger partial charge in [0.25, 0.3) is 0 Å². The third-order valence-electron chi connectivity index (χ3n) is 2.52. The van der Waals surface area contributed by atoms with Gasteiger partial charge in [-0.1, -0.05) is 12.1 Å². The van der Waals surface area contributed by atoms with Gasteiger partial charge in [-0.3, -0.25) is 0 Å². The van der Waals surface area contributed by atoms with E-state index in [0.29, 0.717) is 18.3 Å². The van der Waals surface area contributed by atoms with Crippen molar-refractivity contribution in [2.24, 2.45) is 11.7 Å². The molecule has 3 N–H and O–H groups in total. The van der Waals surface area contributed by atoms with Crippen LogP contribution in [-0.4, -0.2) is 17.8 Å². The van der Waals surface area contributed by atoms with Gasteiger partial charge in [0, 0.05) is 6.04 Å². The normalized spacial score (nSPS) is 17.8. The fourth-order valence-electron chi connectivity index (χ4n) is 1.43. The minimum Gasteiger partial charge on any atom is -0.504 e. The van der Waals surface area contributed by atoms with E-state index in [-0.39, 0.29) is 11.8 Å². The summed E-state index contributed by atoms with van der Waals surface area (Å²) in [6.45, 7) is 0.488. The van der Waals surface area contributed by atoms with E-state index in [2.05, 4.69) is 0 Å². The highest BCUT2D eigenvalue weighted by atomic mass is 16.5. The third-order valence-corrected chi connectivity index (χ3v) is 2.52. The van der Waals surface area contributed by atoms with Crippen LogP contribution in [0.5, 0.6) is 11.5 Å². The zero-order chi connectivity index (χ0) is 9.97. The van der Waals surface area contributed by atoms with E-state index >= 15 is 0 Å². The van der Waals surface area contributed by atoms with Crippen LogP contribution in [0.2, 0.25) is 0 Å². The zero-order valence-electron chi connectivity index (χ0n) is 8.02. The van der Waals surface area contributed by atoms with E-state index in [9.17, 15) is 5.11 Å². The van der Waals surface area contributed by atoms with Crippen LogP contribution in [0.25, 0.3) is 0 Å². The molecule has 76 valence electrons. The van der Waals surface area contributed by atoms with Crippen LogP contribution in [0.1, 0.15) is 12.8 Å². The maximum atomic E-state index is 9.41. The van der Waals surface area contributed by atoms with Crippen molar-refractivity contribution in [2.75, 3.05) is 6.61 Å². The number of ether oxygens (including phenoxy) is 1. The number of nitrogens with two attached hydrogens (primary N) is 1. The standard InChI is InChI=1S/C11H15NO2/c12-9(8-5-6-8)7-14-11-4-2-1-3-10(11)13/h1-4,8-9,13H,5-7,12H2. The van der Waals surface area contributed by atoms with Crippen LogP contribution in [0, 0.1) is 5.92 Å². The third kappa shape index (κ3) is 2.17. The van der Waals surface area contributed by atoms with Gasteiger partial charge in [-0.05, 0) is 30.9 Å². The smallest absolute Gasteiger partial charge is 0.160 e. The molecule has 3 heteroatoms. The van der Waals surface area contributed by atoms with Gasteiger partial charge in [0.05, 0.1) is 0 Å². The van der Waals surface area contributed by atoms with Gasteiger partial charge in [0.15, 0.2) is 11.5 Å². The molecule has 0 aliphatic heterocycles. The Labute approximate surface area is 83.5 Å². The maximum Gasteiger partial charge on any atom is 0.160 e. The zero-order valence-corrected chi connectivity index (χ0v) is 8.02. The summed E-state index contributed by atoms with van der Waals surface area (Å²) in [4.78, 5) is 0. The Kier molecular flexibility index (Phi) is 2.59. The maximum absolute atomic E-state index is 9.41. The summed E-state index contributed by atoms with van der Waals surface area (Å²) in [5, 5.41) is 9.41. The fraction of sp³-hybridized carbons (Fsp3) is 0.455. The van der Waals surface area contributed by atoms with Crippen LogP contribution < -0.4 is 10.5 Å². The first-order valence-electron chi connectivity index (χ1n) is 4.94. The Balaban J connectivity index is 1.87. The molecule has 1 aromatic rings. The number of phenols is 1. The molecule has 1 fully saturated rings. The van der Waals surface area contributed by atoms with Crippen LogP contribution in [-0.2, 0) is 0 Å². The molecular formula is C11H15NO2. The molecule has 2 rings (SSSR count). The topological polar surface area (TPSA) is 55.5 Å². The highest BCUT2D eigenvalue weighted by molar-refractivity contribution is 5.37. The molecule has 0 saturated heterocycles. The van der Waals surface area contributed by atoms with Crippen molar-refractivity contribution in [1.29, 1.82) is 0 Å². The number of hydrogen-bond acceptors (Lipinski definition) is 3. The second-order valence-corrected chi connectivity index (χ2v) is 3.78. The molecule has 0 amide bonds. The van der Waals surface area contributed by atoms with E-state index in [1.807, 2.05) is 6.07 Å². The monoisotopic (exact) mass is 193 g/mol. The van der Waals surface area contributed by atoms with E-state index in [1.54, 1.807) is 18.2 Å². The molecule has 1 aliphatic carbocycles. The molecule has 1 unspecified atom stereocenters. The molecule has 14 heavy (non-hydrogen) atoms. The average Bonchev–Trinajstić information content (AvgIpc) is 2.99. The fourth-order valence-corrected chi connectivity index (χ4v) is 1.43. The van der Waals surface area contributed by atoms with Crippen LogP contribution in [0.15, 0.2) is 24.3 Å². The molecular weight excluding hydrogens is 178 g/mol. The summed E-state index contributed by atoms with van der Waals surface area (Å²) in [6.07, 6.45) is 2.43. The first kappa shape index (κ1) is 9.34. The Morgan fingerprint density at radius 2 is 2.14 bits per heavy atom. The lowest BCUT2D eigenvalue weighted by Gasteiger charge is -2.12. The van der Waals surface area contributed by atoms with Crippen molar-refractivity contribution >= 4 is 0 Å². The Morgan fingerprint density at radius 3 is 2.79 bits per heavy atom. The molecule has 3 nitrogen and oxygen atoms in total. The minimum atomic E-state index is 0.106. The number of phenolic OH excluding ortho intramolecular Hbond substituents is 1. The second-order valence-electron chi connectivity index (χ2n) is 3.78. The molecule has 0 radical (unpaired) electrons. The molecule has 1 aromatic carbocycles. The van der Waals surface area contributed by atoms with Gasteiger partial charge in [0.2, 0.25) is 0 Å². The number of rotatable bonds is 4. The van der Waals surface area contributed by atoms with E-state index in [4.69, 9.17) is 10.5 Å². The summed E-state index contributed by atoms with van der Waals surface area (Å²) in [5.41, 5.74) is 5.87. The molecule has 0 heterocycles. The van der Waals surface area contributed by atoms with Crippen molar-refractivity contribution < 1.29 is 9.84 Å². The Hall–Kier alpha value is -1.22. The van der Waals surface area contributed by atoms with Gasteiger partial charge in [-0.25, -0.2) is 0 Å². The predicted molar refractivity (Wildman–Crippen MR) is 54.3 cm³/mol. The van der Waals surface area contributed by atoms with Crippen LogP contribution in [0.4, 0.5) is 0 Å². The summed E-state index contributed by atoms with van der Waals surface area (Å²) in [7, 11) is 0. The summed E-state index contributed by atoms with van der Waals surface area (Å²) >= 11 is 0. The van der Waals surface area contributed by atoms with Gasteiger partial charge in [-0.2, -0.15) is 0 Å². The largest absolute Gasteiger partial charge is 0.504 e. The quantitative estimate of drug-likeness (QED) is 0.762. The molecule has 1 atom stereocenters. The summed E-state index contributed by atoms with van der Waals surface area (Å²) < 4.78 is 5.42.